The Balaban J connectivity index is 1.27. The van der Waals surface area contributed by atoms with Crippen molar-refractivity contribution >= 4 is 17.3 Å². The van der Waals surface area contributed by atoms with Gasteiger partial charge in [-0.3, -0.25) is 0 Å². The molecule has 1 aromatic rings. The van der Waals surface area contributed by atoms with Crippen LogP contribution in [0.1, 0.15) is 116 Å². The fourth-order valence-electron chi connectivity index (χ4n) is 10.0. The van der Waals surface area contributed by atoms with E-state index in [1.807, 2.05) is 0 Å². The van der Waals surface area contributed by atoms with Crippen molar-refractivity contribution in [3.05, 3.63) is 29.3 Å². The van der Waals surface area contributed by atoms with E-state index in [1.54, 1.807) is 12.1 Å². The number of hydrogen-bond acceptors (Lipinski definition) is 5. The highest BCUT2D eigenvalue weighted by atomic mass is 16.5. The molecule has 3 saturated carbocycles. The largest absolute Gasteiger partial charge is 0.494 e. The minimum Gasteiger partial charge on any atom is -0.494 e. The minimum atomic E-state index is -0.397. The number of nitrogens with two attached hydrogens (primary N) is 2. The van der Waals surface area contributed by atoms with Crippen molar-refractivity contribution < 1.29 is 14.3 Å². The molecule has 5 rings (SSSR count). The Hall–Kier alpha value is -2.17. The van der Waals surface area contributed by atoms with Gasteiger partial charge in [-0.1, -0.05) is 65.5 Å². The van der Waals surface area contributed by atoms with Gasteiger partial charge in [0.15, 0.2) is 5.75 Å². The van der Waals surface area contributed by atoms with E-state index in [9.17, 15) is 4.79 Å². The third kappa shape index (κ3) is 5.15. The summed E-state index contributed by atoms with van der Waals surface area (Å²) in [5, 5.41) is 0. The molecule has 4 unspecified atom stereocenters. The topological polar surface area (TPSA) is 87.6 Å². The Morgan fingerprint density at radius 3 is 2.52 bits per heavy atom. The molecular formula is C35H54N2O3. The number of benzene rings is 1. The molecule has 0 radical (unpaired) electrons. The summed E-state index contributed by atoms with van der Waals surface area (Å²) < 4.78 is 11.5. The Bertz CT molecular complexity index is 1130. The highest BCUT2D eigenvalue weighted by Crippen LogP contribution is 2.67. The fourth-order valence-corrected chi connectivity index (χ4v) is 10.0. The van der Waals surface area contributed by atoms with Gasteiger partial charge in [-0.2, -0.15) is 0 Å². The van der Waals surface area contributed by atoms with Gasteiger partial charge in [-0.15, -0.1) is 0 Å². The number of anilines is 2. The zero-order valence-electron chi connectivity index (χ0n) is 25.9. The van der Waals surface area contributed by atoms with Gasteiger partial charge >= 0.3 is 5.97 Å². The molecule has 0 amide bonds. The molecule has 0 heterocycles. The first kappa shape index (κ1) is 29.3. The van der Waals surface area contributed by atoms with Crippen molar-refractivity contribution in [1.82, 2.24) is 0 Å². The van der Waals surface area contributed by atoms with Crippen LogP contribution in [0.4, 0.5) is 11.4 Å². The van der Waals surface area contributed by atoms with Crippen LogP contribution in [0.3, 0.4) is 0 Å². The van der Waals surface area contributed by atoms with Gasteiger partial charge in [0, 0.05) is 12.1 Å². The summed E-state index contributed by atoms with van der Waals surface area (Å²) in [4.78, 5) is 13.2. The quantitative estimate of drug-likeness (QED) is 0.193. The first-order valence-electron chi connectivity index (χ1n) is 16.1. The number of carbonyl (C=O) groups is 1. The number of rotatable bonds is 8. The Morgan fingerprint density at radius 1 is 1.02 bits per heavy atom. The molecule has 4 aliphatic carbocycles. The van der Waals surface area contributed by atoms with Crippen LogP contribution < -0.4 is 16.2 Å². The number of methoxy groups -OCH3 is 1. The van der Waals surface area contributed by atoms with Crippen molar-refractivity contribution in [1.29, 1.82) is 0 Å². The second-order valence-electron chi connectivity index (χ2n) is 14.8. The van der Waals surface area contributed by atoms with Crippen LogP contribution in [-0.4, -0.2) is 19.2 Å². The third-order valence-corrected chi connectivity index (χ3v) is 12.1. The molecule has 0 saturated heterocycles. The Kier molecular flexibility index (Phi) is 8.25. The van der Waals surface area contributed by atoms with E-state index in [0.717, 1.165) is 54.8 Å². The van der Waals surface area contributed by atoms with Crippen LogP contribution >= 0.6 is 0 Å². The SMILES string of the molecule is COc1c(N)cc(N)cc1C(=O)OC1CC[C@@]2(C)C(=CCC3C2CC[C@@]2(C)C3CC[C@@H]2[C@H](C)CCCC(C)C)C1. The van der Waals surface area contributed by atoms with E-state index in [-0.39, 0.29) is 11.5 Å². The maximum Gasteiger partial charge on any atom is 0.342 e. The van der Waals surface area contributed by atoms with Crippen LogP contribution in [0.25, 0.3) is 0 Å². The molecule has 0 spiro atoms. The molecule has 0 aliphatic heterocycles. The Labute approximate surface area is 242 Å². The van der Waals surface area contributed by atoms with Gasteiger partial charge in [-0.05, 0) is 103 Å². The lowest BCUT2D eigenvalue weighted by atomic mass is 9.47. The van der Waals surface area contributed by atoms with Crippen LogP contribution in [0.2, 0.25) is 0 Å². The number of fused-ring (bicyclic) bond motifs is 5. The second kappa shape index (κ2) is 11.2. The van der Waals surface area contributed by atoms with E-state index in [2.05, 4.69) is 40.7 Å². The maximum atomic E-state index is 13.2. The summed E-state index contributed by atoms with van der Waals surface area (Å²) in [7, 11) is 1.52. The molecule has 5 heteroatoms. The molecule has 0 aromatic heterocycles. The van der Waals surface area contributed by atoms with Gasteiger partial charge in [0.1, 0.15) is 11.7 Å². The van der Waals surface area contributed by atoms with E-state index in [4.69, 9.17) is 20.9 Å². The standard InChI is InChI=1S/C35H54N2O3/c1-21(2)8-7-9-22(3)28-12-13-29-26-11-10-23-18-25(14-16-34(23,4)30(26)15-17-35(28,29)5)40-33(38)27-19-24(36)20-31(37)32(27)39-6/h10,19-22,25-26,28-30H,7-9,11-18,36-37H2,1-6H3/t22-,25?,26?,28-,29?,30?,34+,35-/m1/s1. The Morgan fingerprint density at radius 2 is 1.80 bits per heavy atom. The summed E-state index contributed by atoms with van der Waals surface area (Å²) in [6, 6.07) is 3.22. The number of carbonyl (C=O) groups excluding carboxylic acids is 1. The molecule has 222 valence electrons. The molecule has 1 aromatic carbocycles. The van der Waals surface area contributed by atoms with Gasteiger partial charge in [0.25, 0.3) is 0 Å². The highest BCUT2D eigenvalue weighted by molar-refractivity contribution is 5.96. The van der Waals surface area contributed by atoms with E-state index in [0.29, 0.717) is 28.1 Å². The average molecular weight is 551 g/mol. The highest BCUT2D eigenvalue weighted by Gasteiger charge is 2.59. The number of allylic oxidation sites excluding steroid dienone is 1. The molecule has 40 heavy (non-hydrogen) atoms. The molecule has 3 fully saturated rings. The predicted molar refractivity (Wildman–Crippen MR) is 164 cm³/mol. The van der Waals surface area contributed by atoms with Crippen LogP contribution in [0, 0.1) is 46.3 Å². The molecule has 4 aliphatic rings. The number of nitrogen functional groups attached to an aromatic ring is 2. The first-order valence-corrected chi connectivity index (χ1v) is 16.1. The molecule has 4 N–H and O–H groups in total. The summed E-state index contributed by atoms with van der Waals surface area (Å²) in [6.07, 6.45) is 16.2. The predicted octanol–water partition coefficient (Wildman–Crippen LogP) is 8.43. The number of ether oxygens (including phenoxy) is 2. The smallest absolute Gasteiger partial charge is 0.342 e. The average Bonchev–Trinajstić information content (AvgIpc) is 3.25. The van der Waals surface area contributed by atoms with Crippen LogP contribution in [0.15, 0.2) is 23.8 Å². The van der Waals surface area contributed by atoms with Crippen molar-refractivity contribution in [3.63, 3.8) is 0 Å². The summed E-state index contributed by atoms with van der Waals surface area (Å²) in [5.41, 5.74) is 15.4. The lowest BCUT2D eigenvalue weighted by Gasteiger charge is -2.58. The van der Waals surface area contributed by atoms with E-state index in [1.165, 1.54) is 64.0 Å². The van der Waals surface area contributed by atoms with Crippen molar-refractivity contribution in [2.24, 2.45) is 46.3 Å². The van der Waals surface area contributed by atoms with Crippen LogP contribution in [0.5, 0.6) is 5.75 Å². The summed E-state index contributed by atoms with van der Waals surface area (Å²) in [6.45, 7) is 12.5. The lowest BCUT2D eigenvalue weighted by Crippen LogP contribution is -2.51. The second-order valence-corrected chi connectivity index (χ2v) is 14.8. The zero-order valence-corrected chi connectivity index (χ0v) is 25.9. The normalized spacial score (nSPS) is 35.8. The number of esters is 1. The van der Waals surface area contributed by atoms with Gasteiger partial charge in [0.2, 0.25) is 0 Å². The van der Waals surface area contributed by atoms with E-state index >= 15 is 0 Å². The zero-order chi connectivity index (χ0) is 28.8. The maximum absolute atomic E-state index is 13.2. The molecule has 0 bridgehead atoms. The fraction of sp³-hybridized carbons (Fsp3) is 0.743. The first-order chi connectivity index (χ1) is 19.0. The molecule has 8 atom stereocenters. The van der Waals surface area contributed by atoms with Crippen LogP contribution in [-0.2, 0) is 4.74 Å². The molecule has 5 nitrogen and oxygen atoms in total. The minimum absolute atomic E-state index is 0.118. The van der Waals surface area contributed by atoms with Gasteiger partial charge in [-0.25, -0.2) is 4.79 Å². The molecular weight excluding hydrogens is 496 g/mol. The lowest BCUT2D eigenvalue weighted by molar-refractivity contribution is -0.0594. The van der Waals surface area contributed by atoms with Crippen molar-refractivity contribution in [2.45, 2.75) is 111 Å². The summed E-state index contributed by atoms with van der Waals surface area (Å²) >= 11 is 0. The van der Waals surface area contributed by atoms with Crippen molar-refractivity contribution in [2.75, 3.05) is 18.6 Å². The summed E-state index contributed by atoms with van der Waals surface area (Å²) in [5.74, 6) is 4.91. The third-order valence-electron chi connectivity index (χ3n) is 12.1. The van der Waals surface area contributed by atoms with Gasteiger partial charge < -0.3 is 20.9 Å². The monoisotopic (exact) mass is 550 g/mol. The van der Waals surface area contributed by atoms with E-state index < -0.39 is 5.97 Å². The number of hydrogen-bond donors (Lipinski definition) is 2. The van der Waals surface area contributed by atoms with Gasteiger partial charge in [0.05, 0.1) is 12.8 Å². The van der Waals surface area contributed by atoms with Crippen molar-refractivity contribution in [3.8, 4) is 5.75 Å².